The number of epoxide rings is 2. The highest BCUT2D eigenvalue weighted by Crippen LogP contribution is 2.69. The van der Waals surface area contributed by atoms with Gasteiger partial charge in [0, 0.05) is 17.8 Å². The molecule has 1 spiro atoms. The zero-order chi connectivity index (χ0) is 18.3. The summed E-state index contributed by atoms with van der Waals surface area (Å²) in [6.07, 6.45) is 3.91. The summed E-state index contributed by atoms with van der Waals surface area (Å²) < 4.78 is 12.2. The molecule has 4 rings (SSSR count). The van der Waals surface area contributed by atoms with Crippen molar-refractivity contribution in [2.45, 2.75) is 94.4 Å². The van der Waals surface area contributed by atoms with Gasteiger partial charge in [-0.15, -0.1) is 0 Å². The molecule has 5 nitrogen and oxygen atoms in total. The lowest BCUT2D eigenvalue weighted by Gasteiger charge is -2.40. The summed E-state index contributed by atoms with van der Waals surface area (Å²) in [6, 6.07) is 0. The standard InChI is InChI=1S/C20H32O5/c1-12-5-6-15-19(11-21,24-15)10-16-20(25-16)13(17(2,3)23)7-8-18(20,4)14(22)9-12/h13-16,21-23H,1,5-11H2,2-4H3/t13-,14-,15+,16-,18-,19-,20-/m0/s1. The molecule has 2 saturated heterocycles. The molecule has 4 fully saturated rings. The van der Waals surface area contributed by atoms with Crippen molar-refractivity contribution in [3.05, 3.63) is 12.2 Å². The van der Waals surface area contributed by atoms with Gasteiger partial charge in [-0.05, 0) is 46.0 Å². The van der Waals surface area contributed by atoms with E-state index in [1.165, 1.54) is 0 Å². The van der Waals surface area contributed by atoms with Gasteiger partial charge < -0.3 is 24.8 Å². The average molecular weight is 352 g/mol. The van der Waals surface area contributed by atoms with E-state index >= 15 is 0 Å². The predicted molar refractivity (Wildman–Crippen MR) is 93.0 cm³/mol. The number of hydrogen-bond donors (Lipinski definition) is 3. The van der Waals surface area contributed by atoms with Crippen LogP contribution in [0.5, 0.6) is 0 Å². The van der Waals surface area contributed by atoms with E-state index in [0.717, 1.165) is 31.3 Å². The summed E-state index contributed by atoms with van der Waals surface area (Å²) >= 11 is 0. The second-order valence-electron chi connectivity index (χ2n) is 9.60. The molecule has 0 aromatic carbocycles. The normalized spacial score (nSPS) is 52.6. The molecule has 2 saturated carbocycles. The van der Waals surface area contributed by atoms with E-state index in [-0.39, 0.29) is 24.7 Å². The molecule has 2 heterocycles. The highest BCUT2D eigenvalue weighted by atomic mass is 16.6. The van der Waals surface area contributed by atoms with Crippen molar-refractivity contribution in [3.63, 3.8) is 0 Å². The van der Waals surface area contributed by atoms with Crippen molar-refractivity contribution >= 4 is 0 Å². The molecule has 0 bridgehead atoms. The fraction of sp³-hybridized carbons (Fsp3) is 0.900. The first kappa shape index (κ1) is 17.9. The van der Waals surface area contributed by atoms with Crippen LogP contribution < -0.4 is 0 Å². The van der Waals surface area contributed by atoms with E-state index in [1.807, 2.05) is 13.8 Å². The quantitative estimate of drug-likeness (QED) is 0.522. The molecule has 2 aliphatic heterocycles. The van der Waals surface area contributed by atoms with E-state index in [2.05, 4.69) is 13.5 Å². The lowest BCUT2D eigenvalue weighted by atomic mass is 9.66. The highest BCUT2D eigenvalue weighted by molar-refractivity contribution is 5.27. The van der Waals surface area contributed by atoms with Crippen molar-refractivity contribution in [1.29, 1.82) is 0 Å². The molecule has 142 valence electrons. The fourth-order valence-corrected chi connectivity index (χ4v) is 5.96. The molecule has 3 N–H and O–H groups in total. The maximum Gasteiger partial charge on any atom is 0.120 e. The first-order valence-corrected chi connectivity index (χ1v) is 9.63. The van der Waals surface area contributed by atoms with Gasteiger partial charge in [0.05, 0.1) is 30.5 Å². The molecule has 5 heteroatoms. The number of fused-ring (bicyclic) bond motifs is 1. The molecule has 0 aromatic heterocycles. The Bertz CT molecular complexity index is 583. The van der Waals surface area contributed by atoms with E-state index in [4.69, 9.17) is 9.47 Å². The van der Waals surface area contributed by atoms with Crippen molar-refractivity contribution in [2.75, 3.05) is 6.61 Å². The Balaban J connectivity index is 1.72. The van der Waals surface area contributed by atoms with Crippen LogP contribution in [0, 0.1) is 11.3 Å². The molecule has 4 aliphatic rings. The maximum absolute atomic E-state index is 11.1. The van der Waals surface area contributed by atoms with Crippen LogP contribution in [0.4, 0.5) is 0 Å². The van der Waals surface area contributed by atoms with Gasteiger partial charge >= 0.3 is 0 Å². The van der Waals surface area contributed by atoms with Gasteiger partial charge in [0.1, 0.15) is 11.2 Å². The minimum absolute atomic E-state index is 0.00741. The third-order valence-corrected chi connectivity index (χ3v) is 7.66. The third-order valence-electron chi connectivity index (χ3n) is 7.66. The highest BCUT2D eigenvalue weighted by Gasteiger charge is 2.78. The first-order chi connectivity index (χ1) is 11.6. The van der Waals surface area contributed by atoms with Gasteiger partial charge in [-0.1, -0.05) is 19.1 Å². The molecule has 0 amide bonds. The number of hydrogen-bond acceptors (Lipinski definition) is 5. The van der Waals surface area contributed by atoms with Crippen LogP contribution in [0.2, 0.25) is 0 Å². The van der Waals surface area contributed by atoms with Gasteiger partial charge in [0.15, 0.2) is 0 Å². The van der Waals surface area contributed by atoms with Gasteiger partial charge in [-0.2, -0.15) is 0 Å². The Morgan fingerprint density at radius 3 is 2.60 bits per heavy atom. The number of rotatable bonds is 2. The smallest absolute Gasteiger partial charge is 0.120 e. The molecule has 2 aliphatic carbocycles. The second kappa shape index (κ2) is 5.29. The SMILES string of the molecule is C=C1CC[C@H]2O[C@]2(CO)C[C@@H]2O[C@@]23[C@H](C(C)(C)O)CC[C@@]3(C)[C@@H](O)C1. The Morgan fingerprint density at radius 2 is 1.96 bits per heavy atom. The summed E-state index contributed by atoms with van der Waals surface area (Å²) in [5.74, 6) is -0.0355. The molecule has 0 radical (unpaired) electrons. The first-order valence-electron chi connectivity index (χ1n) is 9.63. The Labute approximate surface area is 150 Å². The van der Waals surface area contributed by atoms with Crippen LogP contribution in [0.25, 0.3) is 0 Å². The number of ether oxygens (including phenoxy) is 2. The van der Waals surface area contributed by atoms with E-state index in [1.54, 1.807) is 0 Å². The molecule has 25 heavy (non-hydrogen) atoms. The van der Waals surface area contributed by atoms with Crippen molar-refractivity contribution < 1.29 is 24.8 Å². The van der Waals surface area contributed by atoms with E-state index < -0.39 is 28.3 Å². The van der Waals surface area contributed by atoms with Crippen LogP contribution in [0.1, 0.15) is 59.3 Å². The largest absolute Gasteiger partial charge is 0.393 e. The van der Waals surface area contributed by atoms with Gasteiger partial charge in [0.25, 0.3) is 0 Å². The molecular formula is C20H32O5. The molecule has 0 unspecified atom stereocenters. The van der Waals surface area contributed by atoms with Crippen LogP contribution in [-0.4, -0.2) is 57.0 Å². The number of aliphatic hydroxyl groups is 3. The zero-order valence-electron chi connectivity index (χ0n) is 15.6. The zero-order valence-corrected chi connectivity index (χ0v) is 15.6. The van der Waals surface area contributed by atoms with Crippen molar-refractivity contribution in [3.8, 4) is 0 Å². The van der Waals surface area contributed by atoms with Crippen molar-refractivity contribution in [2.24, 2.45) is 11.3 Å². The second-order valence-corrected chi connectivity index (χ2v) is 9.60. The Hall–Kier alpha value is -0.460. The van der Waals surface area contributed by atoms with Crippen LogP contribution in [0.15, 0.2) is 12.2 Å². The maximum atomic E-state index is 11.1. The van der Waals surface area contributed by atoms with Crippen molar-refractivity contribution in [1.82, 2.24) is 0 Å². The fourth-order valence-electron chi connectivity index (χ4n) is 5.96. The summed E-state index contributed by atoms with van der Waals surface area (Å²) in [5.41, 5.74) is -1.33. The minimum atomic E-state index is -0.875. The van der Waals surface area contributed by atoms with Gasteiger partial charge in [-0.25, -0.2) is 0 Å². The predicted octanol–water partition coefficient (Wildman–Crippen LogP) is 1.93. The molecule has 7 atom stereocenters. The monoisotopic (exact) mass is 352 g/mol. The van der Waals surface area contributed by atoms with E-state index in [9.17, 15) is 15.3 Å². The summed E-state index contributed by atoms with van der Waals surface area (Å²) in [5, 5.41) is 31.8. The molecule has 0 aromatic rings. The van der Waals surface area contributed by atoms with Gasteiger partial charge in [-0.3, -0.25) is 0 Å². The topological polar surface area (TPSA) is 85.8 Å². The van der Waals surface area contributed by atoms with Crippen LogP contribution in [-0.2, 0) is 9.47 Å². The van der Waals surface area contributed by atoms with Crippen LogP contribution in [0.3, 0.4) is 0 Å². The summed E-state index contributed by atoms with van der Waals surface area (Å²) in [4.78, 5) is 0. The molecular weight excluding hydrogens is 320 g/mol. The van der Waals surface area contributed by atoms with Gasteiger partial charge in [0.2, 0.25) is 0 Å². The average Bonchev–Trinajstić information content (AvgIpc) is 3.37. The third kappa shape index (κ3) is 2.39. The summed E-state index contributed by atoms with van der Waals surface area (Å²) in [6.45, 7) is 9.92. The van der Waals surface area contributed by atoms with Crippen LogP contribution >= 0.6 is 0 Å². The van der Waals surface area contributed by atoms with E-state index in [0.29, 0.717) is 12.8 Å². The number of aliphatic hydroxyl groups excluding tert-OH is 2. The lowest BCUT2D eigenvalue weighted by Crippen LogP contribution is -2.51. The Morgan fingerprint density at radius 1 is 1.24 bits per heavy atom. The summed E-state index contributed by atoms with van der Waals surface area (Å²) in [7, 11) is 0. The minimum Gasteiger partial charge on any atom is -0.393 e. The Kier molecular flexibility index (Phi) is 3.80. The lowest BCUT2D eigenvalue weighted by molar-refractivity contribution is -0.0620.